The maximum atomic E-state index is 13.4. The number of carbonyl (C=O) groups is 1. The molecule has 0 saturated heterocycles. The van der Waals surface area contributed by atoms with E-state index < -0.39 is 35.0 Å². The Bertz CT molecular complexity index is 783. The van der Waals surface area contributed by atoms with E-state index >= 15 is 0 Å². The standard InChI is InChI=1S/C22H26F6N2O/c23-21(24,25)16-10-15(11-17(12-16)22(26,27)28)20(31)30(29-18-4-2-1-3-5-18)19-9-13-6-7-14(19)8-13/h10-14,18-19,29H,1-9H2. The second-order valence-electron chi connectivity index (χ2n) is 9.18. The van der Waals surface area contributed by atoms with Crippen molar-refractivity contribution in [1.82, 2.24) is 10.4 Å². The molecule has 4 rings (SSSR count). The molecule has 0 aromatic heterocycles. The number of hydrazine groups is 1. The first kappa shape index (κ1) is 22.4. The van der Waals surface area contributed by atoms with Gasteiger partial charge in [-0.15, -0.1) is 0 Å². The summed E-state index contributed by atoms with van der Waals surface area (Å²) in [5.74, 6) is -0.108. The van der Waals surface area contributed by atoms with Gasteiger partial charge in [0.25, 0.3) is 5.91 Å². The van der Waals surface area contributed by atoms with Crippen LogP contribution in [0.25, 0.3) is 0 Å². The monoisotopic (exact) mass is 448 g/mol. The molecule has 3 aliphatic rings. The Morgan fingerprint density at radius 2 is 1.45 bits per heavy atom. The van der Waals surface area contributed by atoms with Crippen LogP contribution < -0.4 is 5.43 Å². The number of alkyl halides is 6. The highest BCUT2D eigenvalue weighted by Crippen LogP contribution is 2.47. The highest BCUT2D eigenvalue weighted by molar-refractivity contribution is 5.94. The second kappa shape index (κ2) is 8.30. The maximum Gasteiger partial charge on any atom is 0.416 e. The van der Waals surface area contributed by atoms with Crippen molar-refractivity contribution in [1.29, 1.82) is 0 Å². The van der Waals surface area contributed by atoms with Gasteiger partial charge in [-0.1, -0.05) is 25.7 Å². The highest BCUT2D eigenvalue weighted by Gasteiger charge is 2.45. The molecule has 9 heteroatoms. The number of hydrogen-bond donors (Lipinski definition) is 1. The quantitative estimate of drug-likeness (QED) is 0.440. The Balaban J connectivity index is 1.68. The molecule has 1 aromatic carbocycles. The van der Waals surface area contributed by atoms with Crippen LogP contribution in [-0.4, -0.2) is 23.0 Å². The zero-order valence-electron chi connectivity index (χ0n) is 17.0. The van der Waals surface area contributed by atoms with Crippen LogP contribution in [-0.2, 0) is 12.4 Å². The molecule has 1 N–H and O–H groups in total. The van der Waals surface area contributed by atoms with Crippen molar-refractivity contribution in [2.24, 2.45) is 11.8 Å². The smallest absolute Gasteiger partial charge is 0.270 e. The highest BCUT2D eigenvalue weighted by atomic mass is 19.4. The molecule has 0 spiro atoms. The predicted octanol–water partition coefficient (Wildman–Crippen LogP) is 6.19. The summed E-state index contributed by atoms with van der Waals surface area (Å²) in [4.78, 5) is 13.4. The molecule has 3 atom stereocenters. The summed E-state index contributed by atoms with van der Waals surface area (Å²) in [5, 5.41) is 1.38. The first-order valence-electron chi connectivity index (χ1n) is 10.9. The topological polar surface area (TPSA) is 32.3 Å². The van der Waals surface area contributed by atoms with Crippen LogP contribution in [0.5, 0.6) is 0 Å². The van der Waals surface area contributed by atoms with Crippen molar-refractivity contribution in [2.45, 2.75) is 82.2 Å². The third kappa shape index (κ3) is 4.86. The van der Waals surface area contributed by atoms with Gasteiger partial charge in [-0.05, 0) is 62.1 Å². The summed E-state index contributed by atoms with van der Waals surface area (Å²) in [6.07, 6.45) is -1.55. The fourth-order valence-electron chi connectivity index (χ4n) is 5.48. The molecule has 0 heterocycles. The molecular formula is C22H26F6N2O. The average Bonchev–Trinajstić information content (AvgIpc) is 3.34. The first-order chi connectivity index (χ1) is 14.5. The number of halogens is 6. The second-order valence-corrected chi connectivity index (χ2v) is 9.18. The summed E-state index contributed by atoms with van der Waals surface area (Å²) < 4.78 is 79.7. The number of carbonyl (C=O) groups excluding carboxylic acids is 1. The van der Waals surface area contributed by atoms with Crippen molar-refractivity contribution >= 4 is 5.91 Å². The minimum absolute atomic E-state index is 0.00436. The van der Waals surface area contributed by atoms with Crippen molar-refractivity contribution < 1.29 is 31.1 Å². The van der Waals surface area contributed by atoms with Crippen molar-refractivity contribution in [3.8, 4) is 0 Å². The van der Waals surface area contributed by atoms with Crippen LogP contribution in [0, 0.1) is 11.8 Å². The van der Waals surface area contributed by atoms with E-state index in [-0.39, 0.29) is 24.1 Å². The molecule has 0 radical (unpaired) electrons. The van der Waals surface area contributed by atoms with Gasteiger partial charge < -0.3 is 0 Å². The number of nitrogens with one attached hydrogen (secondary N) is 1. The van der Waals surface area contributed by atoms with E-state index in [2.05, 4.69) is 5.43 Å². The maximum absolute atomic E-state index is 13.4. The Hall–Kier alpha value is -1.77. The molecule has 0 aliphatic heterocycles. The van der Waals surface area contributed by atoms with E-state index in [1.165, 1.54) is 5.01 Å². The molecule has 31 heavy (non-hydrogen) atoms. The lowest BCUT2D eigenvalue weighted by atomic mass is 9.93. The van der Waals surface area contributed by atoms with E-state index in [1.807, 2.05) is 0 Å². The van der Waals surface area contributed by atoms with Crippen LogP contribution in [0.1, 0.15) is 79.3 Å². The lowest BCUT2D eigenvalue weighted by Gasteiger charge is -2.38. The molecule has 3 nitrogen and oxygen atoms in total. The van der Waals surface area contributed by atoms with Gasteiger partial charge in [0.05, 0.1) is 17.2 Å². The third-order valence-corrected chi connectivity index (χ3v) is 7.01. The van der Waals surface area contributed by atoms with E-state index in [9.17, 15) is 31.1 Å². The van der Waals surface area contributed by atoms with E-state index in [0.717, 1.165) is 57.8 Å². The van der Waals surface area contributed by atoms with Crippen molar-refractivity contribution in [3.63, 3.8) is 0 Å². The largest absolute Gasteiger partial charge is 0.416 e. The molecule has 1 aromatic rings. The van der Waals surface area contributed by atoms with Crippen LogP contribution in [0.3, 0.4) is 0 Å². The molecule has 172 valence electrons. The third-order valence-electron chi connectivity index (χ3n) is 7.01. The van der Waals surface area contributed by atoms with E-state index in [1.54, 1.807) is 0 Å². The van der Waals surface area contributed by atoms with Gasteiger partial charge in [-0.25, -0.2) is 5.43 Å². The minimum Gasteiger partial charge on any atom is -0.270 e. The van der Waals surface area contributed by atoms with Gasteiger partial charge in [0.15, 0.2) is 0 Å². The van der Waals surface area contributed by atoms with Crippen LogP contribution in [0.2, 0.25) is 0 Å². The Labute approximate surface area is 177 Å². The summed E-state index contributed by atoms with van der Waals surface area (Å²) in [6, 6.07) is 0.954. The van der Waals surface area contributed by atoms with Crippen molar-refractivity contribution in [3.05, 3.63) is 34.9 Å². The lowest BCUT2D eigenvalue weighted by Crippen LogP contribution is -2.55. The minimum atomic E-state index is -4.98. The fraction of sp³-hybridized carbons (Fsp3) is 0.682. The molecule has 3 fully saturated rings. The Kier molecular flexibility index (Phi) is 6.00. The SMILES string of the molecule is O=C(c1cc(C(F)(F)F)cc(C(F)(F)F)c1)N(NC1CCCCC1)C1CC2CCC1C2. The Morgan fingerprint density at radius 1 is 0.839 bits per heavy atom. The van der Waals surface area contributed by atoms with Crippen LogP contribution >= 0.6 is 0 Å². The lowest BCUT2D eigenvalue weighted by molar-refractivity contribution is -0.143. The molecule has 3 unspecified atom stereocenters. The van der Waals surface area contributed by atoms with Crippen LogP contribution in [0.4, 0.5) is 26.3 Å². The fourth-order valence-corrected chi connectivity index (χ4v) is 5.48. The van der Waals surface area contributed by atoms with Gasteiger partial charge in [-0.3, -0.25) is 9.80 Å². The Morgan fingerprint density at radius 3 is 1.94 bits per heavy atom. The number of nitrogens with zero attached hydrogens (tertiary/aromatic N) is 1. The van der Waals surface area contributed by atoms with Crippen molar-refractivity contribution in [2.75, 3.05) is 0 Å². The van der Waals surface area contributed by atoms with Gasteiger partial charge in [0.1, 0.15) is 0 Å². The summed E-state index contributed by atoms with van der Waals surface area (Å²) in [5.41, 5.74) is -0.281. The molecule has 1 amide bonds. The zero-order chi connectivity index (χ0) is 22.4. The van der Waals surface area contributed by atoms with E-state index in [0.29, 0.717) is 18.1 Å². The van der Waals surface area contributed by atoms with Gasteiger partial charge in [-0.2, -0.15) is 26.3 Å². The first-order valence-corrected chi connectivity index (χ1v) is 10.9. The molecule has 2 bridgehead atoms. The number of rotatable bonds is 4. The zero-order valence-corrected chi connectivity index (χ0v) is 17.0. The molecule has 3 saturated carbocycles. The number of benzene rings is 1. The van der Waals surface area contributed by atoms with Gasteiger partial charge >= 0.3 is 12.4 Å². The summed E-state index contributed by atoms with van der Waals surface area (Å²) in [7, 11) is 0. The number of hydrogen-bond acceptors (Lipinski definition) is 2. The average molecular weight is 448 g/mol. The number of amides is 1. The summed E-state index contributed by atoms with van der Waals surface area (Å²) in [6.45, 7) is 0. The molecule has 3 aliphatic carbocycles. The van der Waals surface area contributed by atoms with E-state index in [4.69, 9.17) is 0 Å². The van der Waals surface area contributed by atoms with Gasteiger partial charge in [0.2, 0.25) is 0 Å². The summed E-state index contributed by atoms with van der Waals surface area (Å²) >= 11 is 0. The molecular weight excluding hydrogens is 422 g/mol. The van der Waals surface area contributed by atoms with Gasteiger partial charge in [0, 0.05) is 11.6 Å². The predicted molar refractivity (Wildman–Crippen MR) is 102 cm³/mol. The number of fused-ring (bicyclic) bond motifs is 2. The normalized spacial score (nSPS) is 27.0. The van der Waals surface area contributed by atoms with Crippen LogP contribution in [0.15, 0.2) is 18.2 Å².